The molecule has 1 atom stereocenters. The molecule has 25 heavy (non-hydrogen) atoms. The van der Waals surface area contributed by atoms with Crippen LogP contribution in [0.4, 0.5) is 0 Å². The first kappa shape index (κ1) is 15.6. The Kier molecular flexibility index (Phi) is 3.41. The normalized spacial score (nSPS) is 35.5. The molecule has 1 heteroatoms. The second-order valence-corrected chi connectivity index (χ2v) is 9.21. The minimum atomic E-state index is -0.929. The van der Waals surface area contributed by atoms with Crippen LogP contribution >= 0.6 is 0 Å². The summed E-state index contributed by atoms with van der Waals surface area (Å²) in [7, 11) is 0. The molecule has 4 bridgehead atoms. The predicted octanol–water partition coefficient (Wildman–Crippen LogP) is 5.41. The molecule has 130 valence electrons. The van der Waals surface area contributed by atoms with Crippen LogP contribution in [0.2, 0.25) is 0 Å². The molecule has 0 aromatic heterocycles. The zero-order valence-electron chi connectivity index (χ0n) is 15.1. The first-order chi connectivity index (χ1) is 12.1. The molecule has 1 unspecified atom stereocenters. The van der Waals surface area contributed by atoms with Gasteiger partial charge in [-0.05, 0) is 85.3 Å². The third kappa shape index (κ3) is 2.47. The smallest absolute Gasteiger partial charge is 0.112 e. The molecule has 0 radical (unpaired) electrons. The lowest BCUT2D eigenvalue weighted by Gasteiger charge is -2.57. The van der Waals surface area contributed by atoms with Crippen LogP contribution < -0.4 is 0 Å². The van der Waals surface area contributed by atoms with Crippen LogP contribution in [0.3, 0.4) is 0 Å². The summed E-state index contributed by atoms with van der Waals surface area (Å²) < 4.78 is 0. The van der Waals surface area contributed by atoms with E-state index in [0.29, 0.717) is 5.41 Å². The predicted molar refractivity (Wildman–Crippen MR) is 101 cm³/mol. The maximum atomic E-state index is 11.1. The van der Waals surface area contributed by atoms with E-state index >= 15 is 0 Å². The monoisotopic (exact) mass is 332 g/mol. The highest BCUT2D eigenvalue weighted by Crippen LogP contribution is 2.60. The zero-order chi connectivity index (χ0) is 17.1. The van der Waals surface area contributed by atoms with E-state index in [2.05, 4.69) is 24.3 Å². The van der Waals surface area contributed by atoms with Crippen LogP contribution in [0.15, 0.2) is 54.6 Å². The topological polar surface area (TPSA) is 20.2 Å². The maximum absolute atomic E-state index is 11.1. The number of hydrogen-bond acceptors (Lipinski definition) is 1. The van der Waals surface area contributed by atoms with Gasteiger partial charge in [-0.3, -0.25) is 0 Å². The fourth-order valence-electron chi connectivity index (χ4n) is 6.54. The van der Waals surface area contributed by atoms with Gasteiger partial charge in [0.2, 0.25) is 0 Å². The van der Waals surface area contributed by atoms with Crippen molar-refractivity contribution in [1.29, 1.82) is 0 Å². The Hall–Kier alpha value is -1.60. The van der Waals surface area contributed by atoms with Crippen molar-refractivity contribution in [2.24, 2.45) is 17.8 Å². The molecule has 2 aromatic carbocycles. The van der Waals surface area contributed by atoms with Gasteiger partial charge in [0, 0.05) is 0 Å². The van der Waals surface area contributed by atoms with Gasteiger partial charge < -0.3 is 5.11 Å². The lowest BCUT2D eigenvalue weighted by Crippen LogP contribution is -2.48. The molecule has 4 aliphatic carbocycles. The molecule has 0 saturated heterocycles. The second-order valence-electron chi connectivity index (χ2n) is 9.21. The van der Waals surface area contributed by atoms with Crippen molar-refractivity contribution in [2.75, 3.05) is 0 Å². The molecule has 4 saturated carbocycles. The number of hydrogen-bond donors (Lipinski definition) is 1. The zero-order valence-corrected chi connectivity index (χ0v) is 15.1. The summed E-state index contributed by atoms with van der Waals surface area (Å²) in [6.07, 6.45) is 8.65. The molecule has 0 amide bonds. The number of rotatable bonds is 3. The van der Waals surface area contributed by atoms with Gasteiger partial charge >= 0.3 is 0 Å². The highest BCUT2D eigenvalue weighted by Gasteiger charge is 2.51. The summed E-state index contributed by atoms with van der Waals surface area (Å²) in [5.41, 5.74) is 2.98. The van der Waals surface area contributed by atoms with E-state index in [9.17, 15) is 5.11 Å². The Morgan fingerprint density at radius 1 is 0.760 bits per heavy atom. The van der Waals surface area contributed by atoms with E-state index in [1.807, 2.05) is 37.3 Å². The van der Waals surface area contributed by atoms with Gasteiger partial charge in [0.1, 0.15) is 5.60 Å². The third-order valence-electron chi connectivity index (χ3n) is 7.43. The van der Waals surface area contributed by atoms with E-state index in [1.54, 1.807) is 0 Å². The van der Waals surface area contributed by atoms with Crippen LogP contribution in [0.5, 0.6) is 0 Å². The Balaban J connectivity index is 1.46. The Morgan fingerprint density at radius 2 is 1.24 bits per heavy atom. The van der Waals surface area contributed by atoms with Gasteiger partial charge in [-0.1, -0.05) is 54.6 Å². The second kappa shape index (κ2) is 5.45. The van der Waals surface area contributed by atoms with Gasteiger partial charge in [0.15, 0.2) is 0 Å². The SMILES string of the molecule is CC(O)(c1ccccc1)c1ccc(C23CC4CC(CC(C4)C2)C3)cc1. The van der Waals surface area contributed by atoms with Crippen molar-refractivity contribution in [1.82, 2.24) is 0 Å². The number of aliphatic hydroxyl groups is 1. The molecule has 1 nitrogen and oxygen atoms in total. The van der Waals surface area contributed by atoms with Crippen LogP contribution in [0, 0.1) is 17.8 Å². The maximum Gasteiger partial charge on any atom is 0.112 e. The van der Waals surface area contributed by atoms with E-state index < -0.39 is 5.60 Å². The highest BCUT2D eigenvalue weighted by atomic mass is 16.3. The Morgan fingerprint density at radius 3 is 1.76 bits per heavy atom. The number of benzene rings is 2. The van der Waals surface area contributed by atoms with E-state index in [1.165, 1.54) is 44.1 Å². The molecule has 1 N–H and O–H groups in total. The lowest BCUT2D eigenvalue weighted by molar-refractivity contribution is -0.00524. The van der Waals surface area contributed by atoms with Crippen molar-refractivity contribution in [3.63, 3.8) is 0 Å². The van der Waals surface area contributed by atoms with Gasteiger partial charge in [0.25, 0.3) is 0 Å². The first-order valence-electron chi connectivity index (χ1n) is 9.94. The van der Waals surface area contributed by atoms with Crippen molar-refractivity contribution in [3.05, 3.63) is 71.3 Å². The molecule has 4 aliphatic rings. The van der Waals surface area contributed by atoms with Crippen LogP contribution in [0.25, 0.3) is 0 Å². The standard InChI is InChI=1S/C24H28O/c1-23(25,20-5-3-2-4-6-20)21-7-9-22(10-8-21)24-14-17-11-18(15-24)13-19(12-17)16-24/h2-10,17-19,25H,11-16H2,1H3. The molecule has 4 fully saturated rings. The molecular weight excluding hydrogens is 304 g/mol. The van der Waals surface area contributed by atoms with Gasteiger partial charge in [0.05, 0.1) is 0 Å². The summed E-state index contributed by atoms with van der Waals surface area (Å²) in [5, 5.41) is 11.1. The largest absolute Gasteiger partial charge is 0.381 e. The van der Waals surface area contributed by atoms with Gasteiger partial charge in [-0.15, -0.1) is 0 Å². The summed E-state index contributed by atoms with van der Waals surface area (Å²) in [5.74, 6) is 2.91. The average molecular weight is 332 g/mol. The average Bonchev–Trinajstić information content (AvgIpc) is 2.61. The minimum Gasteiger partial charge on any atom is -0.381 e. The summed E-state index contributed by atoms with van der Waals surface area (Å²) in [6.45, 7) is 1.90. The molecule has 0 spiro atoms. The van der Waals surface area contributed by atoms with Crippen molar-refractivity contribution < 1.29 is 5.11 Å². The van der Waals surface area contributed by atoms with Crippen LogP contribution in [-0.2, 0) is 11.0 Å². The van der Waals surface area contributed by atoms with Crippen molar-refractivity contribution in [2.45, 2.75) is 56.5 Å². The summed E-state index contributed by atoms with van der Waals surface area (Å²) in [6, 6.07) is 19.0. The highest BCUT2D eigenvalue weighted by molar-refractivity contribution is 5.39. The Labute approximate surface area is 151 Å². The van der Waals surface area contributed by atoms with Crippen LogP contribution in [0.1, 0.15) is 62.1 Å². The molecule has 2 aromatic rings. The minimum absolute atomic E-state index is 0.436. The molecule has 0 heterocycles. The van der Waals surface area contributed by atoms with E-state index in [-0.39, 0.29) is 0 Å². The Bertz CT molecular complexity index is 721. The third-order valence-corrected chi connectivity index (χ3v) is 7.43. The van der Waals surface area contributed by atoms with Crippen LogP contribution in [-0.4, -0.2) is 5.11 Å². The lowest BCUT2D eigenvalue weighted by atomic mass is 9.48. The van der Waals surface area contributed by atoms with E-state index in [0.717, 1.165) is 28.9 Å². The van der Waals surface area contributed by atoms with E-state index in [4.69, 9.17) is 0 Å². The summed E-state index contributed by atoms with van der Waals surface area (Å²) in [4.78, 5) is 0. The molecule has 0 aliphatic heterocycles. The fraction of sp³-hybridized carbons (Fsp3) is 0.500. The van der Waals surface area contributed by atoms with Gasteiger partial charge in [-0.25, -0.2) is 0 Å². The summed E-state index contributed by atoms with van der Waals surface area (Å²) >= 11 is 0. The molecular formula is C24H28O. The van der Waals surface area contributed by atoms with Gasteiger partial charge in [-0.2, -0.15) is 0 Å². The first-order valence-corrected chi connectivity index (χ1v) is 9.94. The quantitative estimate of drug-likeness (QED) is 0.797. The van der Waals surface area contributed by atoms with Crippen molar-refractivity contribution in [3.8, 4) is 0 Å². The van der Waals surface area contributed by atoms with Crippen molar-refractivity contribution >= 4 is 0 Å². The molecule has 6 rings (SSSR count). The fourth-order valence-corrected chi connectivity index (χ4v) is 6.54.